The van der Waals surface area contributed by atoms with Crippen molar-refractivity contribution in [3.8, 4) is 5.75 Å². The molecule has 1 heterocycles. The topological polar surface area (TPSA) is 111 Å². The zero-order valence-corrected chi connectivity index (χ0v) is 13.5. The molecule has 2 aromatic rings. The zero-order chi connectivity index (χ0) is 17.0. The molecule has 8 heteroatoms. The Labute approximate surface area is 136 Å². The number of carbonyl (C=O) groups excluding carboxylic acids is 1. The highest BCUT2D eigenvalue weighted by Crippen LogP contribution is 2.38. The van der Waals surface area contributed by atoms with Crippen LogP contribution in [0.5, 0.6) is 5.75 Å². The molecular formula is C15H16N2O5S. The lowest BCUT2D eigenvalue weighted by molar-refractivity contribution is -0.139. The third-order valence-corrected chi connectivity index (χ3v) is 4.37. The van der Waals surface area contributed by atoms with Crippen LogP contribution < -0.4 is 10.5 Å². The second kappa shape index (κ2) is 7.10. The van der Waals surface area contributed by atoms with Gasteiger partial charge in [-0.05, 0) is 18.6 Å². The van der Waals surface area contributed by atoms with Crippen LogP contribution in [0.4, 0.5) is 0 Å². The first-order chi connectivity index (χ1) is 11.0. The molecule has 0 radical (unpaired) electrons. The van der Waals surface area contributed by atoms with Gasteiger partial charge in [0.15, 0.2) is 12.3 Å². The molecule has 7 nitrogen and oxygen atoms in total. The molecule has 0 fully saturated rings. The number of primary amides is 1. The quantitative estimate of drug-likeness (QED) is 0.591. The summed E-state index contributed by atoms with van der Waals surface area (Å²) in [6.45, 7) is 1.46. The Bertz CT molecular complexity index is 782. The number of carboxylic acids is 1. The van der Waals surface area contributed by atoms with Gasteiger partial charge in [-0.3, -0.25) is 4.79 Å². The van der Waals surface area contributed by atoms with Crippen LogP contribution in [0.15, 0.2) is 23.4 Å². The summed E-state index contributed by atoms with van der Waals surface area (Å²) in [5, 5.41) is 13.2. The summed E-state index contributed by atoms with van der Waals surface area (Å²) in [6, 6.07) is 5.27. The van der Waals surface area contributed by atoms with Gasteiger partial charge in [0.25, 0.3) is 5.91 Å². The predicted octanol–water partition coefficient (Wildman–Crippen LogP) is 1.76. The highest BCUT2D eigenvalue weighted by molar-refractivity contribution is 7.19. The SMILES string of the molecule is CCc1sc2cccc(OCC(=O)O)c2c1/C(=N\OC)C(N)=O. The van der Waals surface area contributed by atoms with E-state index in [0.29, 0.717) is 23.1 Å². The Hall–Kier alpha value is -2.61. The average molecular weight is 336 g/mol. The maximum atomic E-state index is 11.8. The molecule has 0 aliphatic carbocycles. The highest BCUT2D eigenvalue weighted by Gasteiger charge is 2.23. The van der Waals surface area contributed by atoms with Crippen molar-refractivity contribution in [1.82, 2.24) is 0 Å². The molecule has 0 saturated heterocycles. The van der Waals surface area contributed by atoms with E-state index in [2.05, 4.69) is 5.16 Å². The third kappa shape index (κ3) is 3.42. The van der Waals surface area contributed by atoms with Crippen LogP contribution in [0.25, 0.3) is 10.1 Å². The fourth-order valence-corrected chi connectivity index (χ4v) is 3.39. The maximum Gasteiger partial charge on any atom is 0.341 e. The van der Waals surface area contributed by atoms with Crippen LogP contribution in [-0.2, 0) is 20.8 Å². The molecule has 0 bridgehead atoms. The summed E-state index contributed by atoms with van der Waals surface area (Å²) in [7, 11) is 1.32. The van der Waals surface area contributed by atoms with Gasteiger partial charge >= 0.3 is 5.97 Å². The lowest BCUT2D eigenvalue weighted by Crippen LogP contribution is -2.25. The van der Waals surface area contributed by atoms with Gasteiger partial charge in [0.1, 0.15) is 12.9 Å². The molecule has 122 valence electrons. The number of amides is 1. The number of carboxylic acid groups (broad SMARTS) is 1. The fourth-order valence-electron chi connectivity index (χ4n) is 2.23. The van der Waals surface area contributed by atoms with E-state index >= 15 is 0 Å². The number of ether oxygens (including phenoxy) is 1. The van der Waals surface area contributed by atoms with E-state index in [0.717, 1.165) is 9.58 Å². The number of nitrogens with zero attached hydrogens (tertiary/aromatic N) is 1. The summed E-state index contributed by atoms with van der Waals surface area (Å²) in [6.07, 6.45) is 0.656. The fraction of sp³-hybridized carbons (Fsp3) is 0.267. The van der Waals surface area contributed by atoms with Crippen molar-refractivity contribution in [3.05, 3.63) is 28.6 Å². The largest absolute Gasteiger partial charge is 0.481 e. The van der Waals surface area contributed by atoms with Gasteiger partial charge in [-0.1, -0.05) is 18.1 Å². The Morgan fingerprint density at radius 2 is 2.13 bits per heavy atom. The number of aryl methyl sites for hydroxylation is 1. The Morgan fingerprint density at radius 1 is 1.39 bits per heavy atom. The van der Waals surface area contributed by atoms with Gasteiger partial charge in [-0.25, -0.2) is 4.79 Å². The minimum absolute atomic E-state index is 0.0121. The molecule has 0 aliphatic rings. The smallest absolute Gasteiger partial charge is 0.341 e. The van der Waals surface area contributed by atoms with Crippen molar-refractivity contribution in [1.29, 1.82) is 0 Å². The molecular weight excluding hydrogens is 320 g/mol. The first-order valence-electron chi connectivity index (χ1n) is 6.79. The molecule has 0 spiro atoms. The average Bonchev–Trinajstić information content (AvgIpc) is 2.89. The lowest BCUT2D eigenvalue weighted by Gasteiger charge is -2.08. The monoisotopic (exact) mass is 336 g/mol. The van der Waals surface area contributed by atoms with Crippen LogP contribution in [0, 0.1) is 0 Å². The third-order valence-electron chi connectivity index (χ3n) is 3.08. The van der Waals surface area contributed by atoms with E-state index in [1.807, 2.05) is 13.0 Å². The predicted molar refractivity (Wildman–Crippen MR) is 87.1 cm³/mol. The second-order valence-electron chi connectivity index (χ2n) is 4.55. The molecule has 23 heavy (non-hydrogen) atoms. The van der Waals surface area contributed by atoms with Crippen LogP contribution >= 0.6 is 11.3 Å². The summed E-state index contributed by atoms with van der Waals surface area (Å²) < 4.78 is 6.20. The van der Waals surface area contributed by atoms with Gasteiger partial charge in [0.05, 0.1) is 0 Å². The van der Waals surface area contributed by atoms with Crippen molar-refractivity contribution in [2.45, 2.75) is 13.3 Å². The van der Waals surface area contributed by atoms with E-state index < -0.39 is 18.5 Å². The first-order valence-corrected chi connectivity index (χ1v) is 7.61. The van der Waals surface area contributed by atoms with E-state index in [-0.39, 0.29) is 5.71 Å². The van der Waals surface area contributed by atoms with Crippen molar-refractivity contribution >= 4 is 39.0 Å². The highest BCUT2D eigenvalue weighted by atomic mass is 32.1. The number of hydrogen-bond donors (Lipinski definition) is 2. The maximum absolute atomic E-state index is 11.8. The summed E-state index contributed by atoms with van der Waals surface area (Å²) >= 11 is 1.47. The Kier molecular flexibility index (Phi) is 5.17. The van der Waals surface area contributed by atoms with Gasteiger partial charge in [-0.2, -0.15) is 0 Å². The molecule has 1 amide bonds. The van der Waals surface area contributed by atoms with Crippen molar-refractivity contribution in [3.63, 3.8) is 0 Å². The van der Waals surface area contributed by atoms with Crippen LogP contribution in [0.3, 0.4) is 0 Å². The van der Waals surface area contributed by atoms with Crippen LogP contribution in [0.2, 0.25) is 0 Å². The van der Waals surface area contributed by atoms with E-state index in [9.17, 15) is 9.59 Å². The second-order valence-corrected chi connectivity index (χ2v) is 5.69. The molecule has 3 N–H and O–H groups in total. The number of rotatable bonds is 7. The van der Waals surface area contributed by atoms with E-state index in [1.165, 1.54) is 18.4 Å². The molecule has 0 saturated carbocycles. The van der Waals surface area contributed by atoms with Crippen molar-refractivity contribution < 1.29 is 24.3 Å². The Morgan fingerprint density at radius 3 is 2.70 bits per heavy atom. The number of carbonyl (C=O) groups is 2. The normalized spacial score (nSPS) is 11.5. The number of fused-ring (bicyclic) bond motifs is 1. The molecule has 2 rings (SSSR count). The zero-order valence-electron chi connectivity index (χ0n) is 12.7. The standard InChI is InChI=1S/C15H16N2O5S/c1-3-9-13(14(15(16)20)17-21-2)12-8(22-7-11(18)19)5-4-6-10(12)23-9/h4-6H,3,7H2,1-2H3,(H2,16,20)(H,18,19)/b17-14+. The van der Waals surface area contributed by atoms with Crippen molar-refractivity contribution in [2.24, 2.45) is 10.9 Å². The lowest BCUT2D eigenvalue weighted by atomic mass is 10.0. The van der Waals surface area contributed by atoms with Gasteiger partial charge in [0, 0.05) is 20.5 Å². The number of oxime groups is 1. The summed E-state index contributed by atoms with van der Waals surface area (Å²) in [4.78, 5) is 28.1. The number of thiophene rings is 1. The number of hydrogen-bond acceptors (Lipinski definition) is 6. The molecule has 0 atom stereocenters. The van der Waals surface area contributed by atoms with Gasteiger partial charge in [-0.15, -0.1) is 11.3 Å². The number of aliphatic carboxylic acids is 1. The van der Waals surface area contributed by atoms with E-state index in [1.54, 1.807) is 12.1 Å². The summed E-state index contributed by atoms with van der Waals surface area (Å²) in [5.41, 5.74) is 5.94. The minimum Gasteiger partial charge on any atom is -0.481 e. The first kappa shape index (κ1) is 16.8. The van der Waals surface area contributed by atoms with Gasteiger partial charge in [0.2, 0.25) is 0 Å². The van der Waals surface area contributed by atoms with E-state index in [4.69, 9.17) is 20.4 Å². The summed E-state index contributed by atoms with van der Waals surface area (Å²) in [5.74, 6) is -1.45. The van der Waals surface area contributed by atoms with Crippen LogP contribution in [0.1, 0.15) is 17.4 Å². The molecule has 1 aromatic heterocycles. The minimum atomic E-state index is -1.09. The number of benzene rings is 1. The molecule has 1 aromatic carbocycles. The van der Waals surface area contributed by atoms with Crippen molar-refractivity contribution in [2.75, 3.05) is 13.7 Å². The molecule has 0 aliphatic heterocycles. The Balaban J connectivity index is 2.72. The molecule has 0 unspecified atom stereocenters. The number of nitrogens with two attached hydrogens (primary N) is 1. The van der Waals surface area contributed by atoms with Crippen LogP contribution in [-0.4, -0.2) is 36.4 Å². The van der Waals surface area contributed by atoms with Gasteiger partial charge < -0.3 is 20.4 Å².